The van der Waals surface area contributed by atoms with Crippen molar-refractivity contribution in [3.05, 3.63) is 69.7 Å². The standard InChI is InChI=1S/C16H14Cl2N2OS/c17-14-7-6-13(8-15(14)18)9-19-20-16(21)11-22-10-12-4-2-1-3-5-12/h1-9H,10-11H2,(H,20,21)/b19-9+. The Morgan fingerprint density at radius 3 is 2.64 bits per heavy atom. The van der Waals surface area contributed by atoms with Crippen molar-refractivity contribution in [2.75, 3.05) is 5.75 Å². The van der Waals surface area contributed by atoms with E-state index in [1.807, 2.05) is 30.3 Å². The number of nitrogens with zero attached hydrogens (tertiary/aromatic N) is 1. The molecule has 0 saturated heterocycles. The molecule has 0 unspecified atom stereocenters. The molecule has 2 rings (SSSR count). The smallest absolute Gasteiger partial charge is 0.250 e. The van der Waals surface area contributed by atoms with Gasteiger partial charge in [-0.25, -0.2) is 5.43 Å². The number of carbonyl (C=O) groups is 1. The maximum Gasteiger partial charge on any atom is 0.250 e. The molecule has 3 nitrogen and oxygen atoms in total. The SMILES string of the molecule is O=C(CSCc1ccccc1)N/N=C/c1ccc(Cl)c(Cl)c1. The van der Waals surface area contributed by atoms with Crippen molar-refractivity contribution in [1.29, 1.82) is 0 Å². The lowest BCUT2D eigenvalue weighted by molar-refractivity contribution is -0.118. The Morgan fingerprint density at radius 2 is 1.91 bits per heavy atom. The zero-order valence-electron chi connectivity index (χ0n) is 11.6. The minimum atomic E-state index is -0.141. The maximum absolute atomic E-state index is 11.7. The predicted molar refractivity (Wildman–Crippen MR) is 94.8 cm³/mol. The number of nitrogens with one attached hydrogen (secondary N) is 1. The Hall–Kier alpha value is -1.49. The second-order valence-corrected chi connectivity index (χ2v) is 6.25. The number of halogens is 2. The van der Waals surface area contributed by atoms with E-state index >= 15 is 0 Å². The zero-order chi connectivity index (χ0) is 15.8. The van der Waals surface area contributed by atoms with E-state index in [1.165, 1.54) is 11.8 Å². The molecule has 0 fully saturated rings. The summed E-state index contributed by atoms with van der Waals surface area (Å²) in [4.78, 5) is 11.7. The molecule has 0 aliphatic rings. The number of hydrogen-bond acceptors (Lipinski definition) is 3. The molecule has 0 aliphatic carbocycles. The maximum atomic E-state index is 11.7. The average Bonchev–Trinajstić information content (AvgIpc) is 2.52. The van der Waals surface area contributed by atoms with E-state index in [-0.39, 0.29) is 5.91 Å². The van der Waals surface area contributed by atoms with Crippen molar-refractivity contribution >= 4 is 47.1 Å². The Labute approximate surface area is 143 Å². The van der Waals surface area contributed by atoms with Gasteiger partial charge in [-0.15, -0.1) is 11.8 Å². The van der Waals surface area contributed by atoms with E-state index in [4.69, 9.17) is 23.2 Å². The van der Waals surface area contributed by atoms with Gasteiger partial charge < -0.3 is 0 Å². The molecule has 0 radical (unpaired) electrons. The minimum absolute atomic E-state index is 0.141. The van der Waals surface area contributed by atoms with Gasteiger partial charge in [0.1, 0.15) is 0 Å². The Balaban J connectivity index is 1.73. The van der Waals surface area contributed by atoms with Crippen LogP contribution in [0.2, 0.25) is 10.0 Å². The Morgan fingerprint density at radius 1 is 1.14 bits per heavy atom. The van der Waals surface area contributed by atoms with Crippen LogP contribution < -0.4 is 5.43 Å². The molecule has 0 aromatic heterocycles. The molecule has 0 aliphatic heterocycles. The van der Waals surface area contributed by atoms with Crippen LogP contribution in [0.1, 0.15) is 11.1 Å². The van der Waals surface area contributed by atoms with Crippen LogP contribution in [-0.2, 0) is 10.5 Å². The highest BCUT2D eigenvalue weighted by molar-refractivity contribution is 7.99. The van der Waals surface area contributed by atoms with Gasteiger partial charge in [0.25, 0.3) is 0 Å². The quantitative estimate of drug-likeness (QED) is 0.619. The van der Waals surface area contributed by atoms with E-state index in [9.17, 15) is 4.79 Å². The molecule has 6 heteroatoms. The second-order valence-electron chi connectivity index (χ2n) is 4.45. The number of hydrazone groups is 1. The van der Waals surface area contributed by atoms with Gasteiger partial charge in [-0.3, -0.25) is 4.79 Å². The topological polar surface area (TPSA) is 41.5 Å². The zero-order valence-corrected chi connectivity index (χ0v) is 14.0. The summed E-state index contributed by atoms with van der Waals surface area (Å²) in [6.07, 6.45) is 1.53. The summed E-state index contributed by atoms with van der Waals surface area (Å²) >= 11 is 13.3. The fourth-order valence-corrected chi connectivity index (χ4v) is 2.73. The van der Waals surface area contributed by atoms with Gasteiger partial charge >= 0.3 is 0 Å². The Bertz CT molecular complexity index is 662. The molecule has 0 atom stereocenters. The van der Waals surface area contributed by atoms with Crippen LogP contribution in [0.4, 0.5) is 0 Å². The lowest BCUT2D eigenvalue weighted by Gasteiger charge is -2.01. The van der Waals surface area contributed by atoms with Gasteiger partial charge in [0, 0.05) is 5.75 Å². The summed E-state index contributed by atoms with van der Waals surface area (Å²) in [7, 11) is 0. The number of hydrogen-bond donors (Lipinski definition) is 1. The molecule has 0 saturated carbocycles. The van der Waals surface area contributed by atoms with Gasteiger partial charge in [0.15, 0.2) is 0 Å². The third-order valence-corrected chi connectivity index (χ3v) is 4.43. The molecule has 1 amide bonds. The molecule has 2 aromatic carbocycles. The second kappa shape index (κ2) is 8.83. The van der Waals surface area contributed by atoms with E-state index < -0.39 is 0 Å². The van der Waals surface area contributed by atoms with Crippen LogP contribution in [0.5, 0.6) is 0 Å². The summed E-state index contributed by atoms with van der Waals surface area (Å²) in [5.74, 6) is 1.01. The highest BCUT2D eigenvalue weighted by Crippen LogP contribution is 2.21. The number of rotatable bonds is 6. The van der Waals surface area contributed by atoms with Gasteiger partial charge in [0.2, 0.25) is 5.91 Å². The molecule has 2 aromatic rings. The van der Waals surface area contributed by atoms with Crippen LogP contribution >= 0.6 is 35.0 Å². The summed E-state index contributed by atoms with van der Waals surface area (Å²) in [6, 6.07) is 15.1. The van der Waals surface area contributed by atoms with Gasteiger partial charge in [-0.2, -0.15) is 5.10 Å². The fraction of sp³-hybridized carbons (Fsp3) is 0.125. The largest absolute Gasteiger partial charge is 0.272 e. The van der Waals surface area contributed by atoms with Gasteiger partial charge in [0.05, 0.1) is 22.0 Å². The predicted octanol–water partition coefficient (Wildman–Crippen LogP) is 4.38. The van der Waals surface area contributed by atoms with Crippen molar-refractivity contribution in [1.82, 2.24) is 5.43 Å². The van der Waals surface area contributed by atoms with Crippen molar-refractivity contribution in [3.8, 4) is 0 Å². The van der Waals surface area contributed by atoms with Crippen molar-refractivity contribution in [2.45, 2.75) is 5.75 Å². The molecular formula is C16H14Cl2N2OS. The molecule has 0 spiro atoms. The normalized spacial score (nSPS) is 10.8. The van der Waals surface area contributed by atoms with Crippen molar-refractivity contribution in [2.24, 2.45) is 5.10 Å². The van der Waals surface area contributed by atoms with Crippen LogP contribution in [0, 0.1) is 0 Å². The first-order valence-corrected chi connectivity index (χ1v) is 8.45. The average molecular weight is 353 g/mol. The van der Waals surface area contributed by atoms with Crippen LogP contribution in [-0.4, -0.2) is 17.9 Å². The highest BCUT2D eigenvalue weighted by atomic mass is 35.5. The van der Waals surface area contributed by atoms with E-state index in [2.05, 4.69) is 10.5 Å². The third kappa shape index (κ3) is 5.72. The van der Waals surface area contributed by atoms with Crippen molar-refractivity contribution < 1.29 is 4.79 Å². The van der Waals surface area contributed by atoms with Gasteiger partial charge in [-0.1, -0.05) is 59.6 Å². The molecule has 0 bridgehead atoms. The fourth-order valence-electron chi connectivity index (χ4n) is 1.64. The summed E-state index contributed by atoms with van der Waals surface area (Å²) < 4.78 is 0. The lowest BCUT2D eigenvalue weighted by Crippen LogP contribution is -2.19. The first kappa shape index (κ1) is 16.9. The minimum Gasteiger partial charge on any atom is -0.272 e. The molecule has 0 heterocycles. The molecular weight excluding hydrogens is 339 g/mol. The first-order chi connectivity index (χ1) is 10.6. The summed E-state index contributed by atoms with van der Waals surface area (Å²) in [5.41, 5.74) is 4.45. The molecule has 114 valence electrons. The third-order valence-electron chi connectivity index (χ3n) is 2.69. The lowest BCUT2D eigenvalue weighted by atomic mass is 10.2. The summed E-state index contributed by atoms with van der Waals surface area (Å²) in [5, 5.41) is 4.84. The number of amides is 1. The monoisotopic (exact) mass is 352 g/mol. The van der Waals surface area contributed by atoms with E-state index in [0.29, 0.717) is 15.8 Å². The number of carbonyl (C=O) groups excluding carboxylic acids is 1. The first-order valence-electron chi connectivity index (χ1n) is 6.54. The van der Waals surface area contributed by atoms with E-state index in [0.717, 1.165) is 11.3 Å². The van der Waals surface area contributed by atoms with Crippen molar-refractivity contribution in [3.63, 3.8) is 0 Å². The number of benzene rings is 2. The van der Waals surface area contributed by atoms with Gasteiger partial charge in [-0.05, 0) is 23.3 Å². The van der Waals surface area contributed by atoms with Crippen LogP contribution in [0.15, 0.2) is 53.6 Å². The molecule has 1 N–H and O–H groups in total. The summed E-state index contributed by atoms with van der Waals surface area (Å²) in [6.45, 7) is 0. The number of thioether (sulfide) groups is 1. The van der Waals surface area contributed by atoms with Crippen LogP contribution in [0.25, 0.3) is 0 Å². The molecule has 22 heavy (non-hydrogen) atoms. The van der Waals surface area contributed by atoms with E-state index in [1.54, 1.807) is 30.0 Å². The van der Waals surface area contributed by atoms with Crippen LogP contribution in [0.3, 0.4) is 0 Å². The highest BCUT2D eigenvalue weighted by Gasteiger charge is 2.01. The Kier molecular flexibility index (Phi) is 6.77.